The summed E-state index contributed by atoms with van der Waals surface area (Å²) in [4.78, 5) is 11.1. The third-order valence-electron chi connectivity index (χ3n) is 4.99. The zero-order valence-electron chi connectivity index (χ0n) is 14.1. The number of pyridine rings is 1. The third kappa shape index (κ3) is 3.29. The maximum atomic E-state index is 11.1. The lowest BCUT2D eigenvalue weighted by molar-refractivity contribution is 0.0193. The number of nitrogens with zero attached hydrogens (tertiary/aromatic N) is 4. The van der Waals surface area contributed by atoms with Gasteiger partial charge < -0.3 is 14.5 Å². The Kier molecular flexibility index (Phi) is 4.00. The third-order valence-corrected chi connectivity index (χ3v) is 4.99. The molecule has 24 heavy (non-hydrogen) atoms. The fourth-order valence-corrected chi connectivity index (χ4v) is 3.46. The van der Waals surface area contributed by atoms with Gasteiger partial charge in [0.25, 0.3) is 0 Å². The number of piperidine rings is 1. The van der Waals surface area contributed by atoms with Crippen LogP contribution < -0.4 is 4.90 Å². The fourth-order valence-electron chi connectivity index (χ4n) is 3.46. The van der Waals surface area contributed by atoms with E-state index >= 15 is 0 Å². The van der Waals surface area contributed by atoms with E-state index in [4.69, 9.17) is 4.52 Å². The standard InChI is InChI=1S/C18H24N4O2/c1-2-14-10-15(6-8-19-14)22-9-3-7-18(23,12-22)11-16-20-17(21-24-16)13-4-5-13/h6,8,10,13,23H,2-5,7,9,11-12H2,1H3. The molecular weight excluding hydrogens is 304 g/mol. The summed E-state index contributed by atoms with van der Waals surface area (Å²) in [7, 11) is 0. The van der Waals surface area contributed by atoms with Crippen LogP contribution in [0.2, 0.25) is 0 Å². The first kappa shape index (κ1) is 15.6. The van der Waals surface area contributed by atoms with Gasteiger partial charge in [-0.05, 0) is 44.2 Å². The van der Waals surface area contributed by atoms with Crippen LogP contribution in [-0.4, -0.2) is 38.9 Å². The molecule has 0 spiro atoms. The number of rotatable bonds is 5. The molecule has 6 heteroatoms. The van der Waals surface area contributed by atoms with Crippen molar-refractivity contribution in [1.29, 1.82) is 0 Å². The Morgan fingerprint density at radius 2 is 2.29 bits per heavy atom. The Bertz CT molecular complexity index is 713. The molecule has 0 bridgehead atoms. The fraction of sp³-hybridized carbons (Fsp3) is 0.611. The Morgan fingerprint density at radius 1 is 1.42 bits per heavy atom. The Morgan fingerprint density at radius 3 is 3.08 bits per heavy atom. The number of anilines is 1. The van der Waals surface area contributed by atoms with Crippen molar-refractivity contribution < 1.29 is 9.63 Å². The molecule has 0 aromatic carbocycles. The van der Waals surface area contributed by atoms with Crippen LogP contribution >= 0.6 is 0 Å². The van der Waals surface area contributed by atoms with E-state index < -0.39 is 5.60 Å². The average molecular weight is 328 g/mol. The van der Waals surface area contributed by atoms with Gasteiger partial charge in [-0.1, -0.05) is 12.1 Å². The van der Waals surface area contributed by atoms with Gasteiger partial charge in [0.1, 0.15) is 0 Å². The maximum absolute atomic E-state index is 11.1. The number of hydrogen-bond acceptors (Lipinski definition) is 6. The van der Waals surface area contributed by atoms with Gasteiger partial charge in [-0.25, -0.2) is 0 Å². The molecule has 0 radical (unpaired) electrons. The van der Waals surface area contributed by atoms with Crippen LogP contribution in [0.1, 0.15) is 55.9 Å². The summed E-state index contributed by atoms with van der Waals surface area (Å²) in [5.41, 5.74) is 1.39. The minimum atomic E-state index is -0.818. The topological polar surface area (TPSA) is 75.3 Å². The van der Waals surface area contributed by atoms with E-state index in [1.807, 2.05) is 12.3 Å². The van der Waals surface area contributed by atoms with Crippen molar-refractivity contribution in [3.63, 3.8) is 0 Å². The number of hydrogen-bond donors (Lipinski definition) is 1. The Hall–Kier alpha value is -1.95. The maximum Gasteiger partial charge on any atom is 0.229 e. The lowest BCUT2D eigenvalue weighted by Crippen LogP contribution is -2.49. The second-order valence-corrected chi connectivity index (χ2v) is 7.11. The molecule has 1 unspecified atom stereocenters. The number of aryl methyl sites for hydroxylation is 1. The zero-order valence-corrected chi connectivity index (χ0v) is 14.1. The van der Waals surface area contributed by atoms with Gasteiger partial charge in [0.05, 0.1) is 12.0 Å². The summed E-state index contributed by atoms with van der Waals surface area (Å²) in [5.74, 6) is 1.84. The molecule has 6 nitrogen and oxygen atoms in total. The van der Waals surface area contributed by atoms with Gasteiger partial charge in [-0.15, -0.1) is 0 Å². The number of β-amino-alcohol motifs (C(OH)–C–C–N with tert-alkyl or cyclic N) is 1. The van der Waals surface area contributed by atoms with Crippen molar-refractivity contribution in [3.8, 4) is 0 Å². The summed E-state index contributed by atoms with van der Waals surface area (Å²) in [6.07, 6.45) is 7.20. The van der Waals surface area contributed by atoms with Crippen LogP contribution in [0.4, 0.5) is 5.69 Å². The van der Waals surface area contributed by atoms with E-state index in [-0.39, 0.29) is 0 Å². The first-order valence-corrected chi connectivity index (χ1v) is 8.90. The van der Waals surface area contributed by atoms with Crippen molar-refractivity contribution >= 4 is 5.69 Å². The molecule has 3 heterocycles. The Balaban J connectivity index is 1.47. The average Bonchev–Trinajstić information content (AvgIpc) is 3.35. The van der Waals surface area contributed by atoms with Gasteiger partial charge >= 0.3 is 0 Å². The van der Waals surface area contributed by atoms with Crippen molar-refractivity contribution in [2.75, 3.05) is 18.0 Å². The summed E-state index contributed by atoms with van der Waals surface area (Å²) < 4.78 is 5.36. The molecular formula is C18H24N4O2. The van der Waals surface area contributed by atoms with Crippen LogP contribution in [0.5, 0.6) is 0 Å². The minimum Gasteiger partial charge on any atom is -0.388 e. The highest BCUT2D eigenvalue weighted by atomic mass is 16.5. The molecule has 1 saturated heterocycles. The van der Waals surface area contributed by atoms with E-state index in [0.717, 1.165) is 55.9 Å². The molecule has 1 aliphatic heterocycles. The van der Waals surface area contributed by atoms with Gasteiger partial charge in [-0.3, -0.25) is 4.98 Å². The first-order valence-electron chi connectivity index (χ1n) is 8.90. The first-order chi connectivity index (χ1) is 11.6. The van der Waals surface area contributed by atoms with Crippen LogP contribution in [0.15, 0.2) is 22.9 Å². The van der Waals surface area contributed by atoms with E-state index in [9.17, 15) is 5.11 Å². The molecule has 1 saturated carbocycles. The smallest absolute Gasteiger partial charge is 0.229 e. The molecule has 4 rings (SSSR count). The lowest BCUT2D eigenvalue weighted by atomic mass is 9.89. The van der Waals surface area contributed by atoms with Crippen molar-refractivity contribution in [3.05, 3.63) is 35.7 Å². The van der Waals surface area contributed by atoms with Crippen molar-refractivity contribution in [1.82, 2.24) is 15.1 Å². The highest BCUT2D eigenvalue weighted by Gasteiger charge is 2.36. The summed E-state index contributed by atoms with van der Waals surface area (Å²) in [5, 5.41) is 15.1. The largest absolute Gasteiger partial charge is 0.388 e. The number of aromatic nitrogens is 3. The predicted octanol–water partition coefficient (Wildman–Crippen LogP) is 2.48. The van der Waals surface area contributed by atoms with Gasteiger partial charge in [0, 0.05) is 36.6 Å². The second kappa shape index (κ2) is 6.16. The predicted molar refractivity (Wildman–Crippen MR) is 90.0 cm³/mol. The summed E-state index contributed by atoms with van der Waals surface area (Å²) in [6, 6.07) is 4.13. The highest BCUT2D eigenvalue weighted by Crippen LogP contribution is 2.38. The number of aliphatic hydroxyl groups is 1. The molecule has 1 atom stereocenters. The molecule has 0 amide bonds. The molecule has 2 aromatic rings. The highest BCUT2D eigenvalue weighted by molar-refractivity contribution is 5.47. The normalized spacial score (nSPS) is 24.3. The van der Waals surface area contributed by atoms with E-state index in [2.05, 4.69) is 33.0 Å². The Labute approximate surface area is 141 Å². The monoisotopic (exact) mass is 328 g/mol. The van der Waals surface area contributed by atoms with E-state index in [1.54, 1.807) is 0 Å². The van der Waals surface area contributed by atoms with Crippen LogP contribution in [-0.2, 0) is 12.8 Å². The molecule has 1 aliphatic carbocycles. The van der Waals surface area contributed by atoms with Crippen LogP contribution in [0, 0.1) is 0 Å². The zero-order chi connectivity index (χ0) is 16.6. The van der Waals surface area contributed by atoms with Gasteiger partial charge in [0.2, 0.25) is 5.89 Å². The second-order valence-electron chi connectivity index (χ2n) is 7.11. The molecule has 2 aromatic heterocycles. The van der Waals surface area contributed by atoms with Gasteiger partial charge in [0.15, 0.2) is 5.82 Å². The van der Waals surface area contributed by atoms with Crippen molar-refractivity contribution in [2.24, 2.45) is 0 Å². The summed E-state index contributed by atoms with van der Waals surface area (Å²) >= 11 is 0. The van der Waals surface area contributed by atoms with Gasteiger partial charge in [-0.2, -0.15) is 4.98 Å². The lowest BCUT2D eigenvalue weighted by Gasteiger charge is -2.39. The summed E-state index contributed by atoms with van der Waals surface area (Å²) in [6.45, 7) is 3.64. The van der Waals surface area contributed by atoms with E-state index in [1.165, 1.54) is 0 Å². The molecule has 1 N–H and O–H groups in total. The van der Waals surface area contributed by atoms with Crippen LogP contribution in [0.3, 0.4) is 0 Å². The van der Waals surface area contributed by atoms with Crippen LogP contribution in [0.25, 0.3) is 0 Å². The molecule has 2 aliphatic rings. The molecule has 128 valence electrons. The molecule has 2 fully saturated rings. The quantitative estimate of drug-likeness (QED) is 0.909. The SMILES string of the molecule is CCc1cc(N2CCCC(O)(Cc3nc(C4CC4)no3)C2)ccn1. The van der Waals surface area contributed by atoms with E-state index in [0.29, 0.717) is 24.8 Å². The minimum absolute atomic E-state index is 0.426. The van der Waals surface area contributed by atoms with Crippen molar-refractivity contribution in [2.45, 2.75) is 57.0 Å².